The van der Waals surface area contributed by atoms with Crippen molar-refractivity contribution < 1.29 is 4.74 Å². The highest BCUT2D eigenvalue weighted by Crippen LogP contribution is 2.18. The molecular formula is C10H16N4O. The van der Waals surface area contributed by atoms with E-state index in [-0.39, 0.29) is 6.04 Å². The third-order valence-corrected chi connectivity index (χ3v) is 2.68. The molecule has 82 valence electrons. The molecule has 5 nitrogen and oxygen atoms in total. The van der Waals surface area contributed by atoms with Crippen molar-refractivity contribution in [1.29, 1.82) is 0 Å². The molecule has 0 aliphatic carbocycles. The topological polar surface area (TPSA) is 64.3 Å². The lowest BCUT2D eigenvalue weighted by molar-refractivity contribution is 0.0177. The van der Waals surface area contributed by atoms with E-state index in [1.807, 2.05) is 12.4 Å². The molecule has 2 heterocycles. The summed E-state index contributed by atoms with van der Waals surface area (Å²) in [6, 6.07) is 0.218. The van der Waals surface area contributed by atoms with Crippen molar-refractivity contribution in [2.75, 3.05) is 32.8 Å². The van der Waals surface area contributed by atoms with E-state index in [4.69, 9.17) is 10.5 Å². The van der Waals surface area contributed by atoms with Crippen molar-refractivity contribution in [3.05, 3.63) is 24.3 Å². The normalized spacial score (nSPS) is 20.1. The second kappa shape index (κ2) is 5.16. The second-order valence-corrected chi connectivity index (χ2v) is 3.57. The molecule has 0 radical (unpaired) electrons. The fourth-order valence-electron chi connectivity index (χ4n) is 1.87. The highest BCUT2D eigenvalue weighted by Gasteiger charge is 2.21. The van der Waals surface area contributed by atoms with Gasteiger partial charge in [0.1, 0.15) is 6.33 Å². The molecule has 1 aromatic heterocycles. The summed E-state index contributed by atoms with van der Waals surface area (Å²) in [6.45, 7) is 4.01. The Hall–Kier alpha value is -1.04. The first-order chi connectivity index (χ1) is 7.42. The van der Waals surface area contributed by atoms with E-state index >= 15 is 0 Å². The van der Waals surface area contributed by atoms with Gasteiger partial charge in [-0.05, 0) is 0 Å². The van der Waals surface area contributed by atoms with E-state index < -0.39 is 0 Å². The summed E-state index contributed by atoms with van der Waals surface area (Å²) in [7, 11) is 0. The Kier molecular flexibility index (Phi) is 3.60. The molecule has 2 N–H and O–H groups in total. The predicted octanol–water partition coefficient (Wildman–Crippen LogP) is -0.191. The van der Waals surface area contributed by atoms with Gasteiger partial charge in [0.25, 0.3) is 0 Å². The van der Waals surface area contributed by atoms with Crippen LogP contribution in [0, 0.1) is 0 Å². The fourth-order valence-corrected chi connectivity index (χ4v) is 1.87. The number of morpholine rings is 1. The van der Waals surface area contributed by atoms with Crippen molar-refractivity contribution in [2.45, 2.75) is 6.04 Å². The summed E-state index contributed by atoms with van der Waals surface area (Å²) in [6.07, 6.45) is 5.20. The van der Waals surface area contributed by atoms with Gasteiger partial charge >= 0.3 is 0 Å². The smallest absolute Gasteiger partial charge is 0.115 e. The van der Waals surface area contributed by atoms with Gasteiger partial charge in [0, 0.05) is 37.6 Å². The summed E-state index contributed by atoms with van der Waals surface area (Å²) in [4.78, 5) is 10.4. The monoisotopic (exact) mass is 208 g/mol. The minimum atomic E-state index is 0.218. The largest absolute Gasteiger partial charge is 0.379 e. The van der Waals surface area contributed by atoms with Crippen LogP contribution in [0.5, 0.6) is 0 Å². The lowest BCUT2D eigenvalue weighted by Gasteiger charge is -2.33. The first kappa shape index (κ1) is 10.5. The van der Waals surface area contributed by atoms with Crippen LogP contribution in [-0.4, -0.2) is 47.7 Å². The SMILES string of the molecule is NCC(c1cncnc1)N1CCOCC1. The van der Waals surface area contributed by atoms with Crippen molar-refractivity contribution in [3.8, 4) is 0 Å². The quantitative estimate of drug-likeness (QED) is 0.745. The van der Waals surface area contributed by atoms with Crippen LogP contribution in [0.3, 0.4) is 0 Å². The highest BCUT2D eigenvalue weighted by molar-refractivity contribution is 5.10. The zero-order valence-electron chi connectivity index (χ0n) is 8.67. The number of rotatable bonds is 3. The van der Waals surface area contributed by atoms with Crippen molar-refractivity contribution in [2.24, 2.45) is 5.73 Å². The van der Waals surface area contributed by atoms with Gasteiger partial charge in [0.15, 0.2) is 0 Å². The van der Waals surface area contributed by atoms with E-state index in [0.29, 0.717) is 6.54 Å². The number of hydrogen-bond donors (Lipinski definition) is 1. The van der Waals surface area contributed by atoms with E-state index in [1.54, 1.807) is 0 Å². The van der Waals surface area contributed by atoms with Crippen LogP contribution in [0.2, 0.25) is 0 Å². The van der Waals surface area contributed by atoms with Crippen molar-refractivity contribution in [1.82, 2.24) is 14.9 Å². The molecule has 1 atom stereocenters. The summed E-state index contributed by atoms with van der Waals surface area (Å²) < 4.78 is 5.32. The van der Waals surface area contributed by atoms with Crippen molar-refractivity contribution >= 4 is 0 Å². The third-order valence-electron chi connectivity index (χ3n) is 2.68. The first-order valence-corrected chi connectivity index (χ1v) is 5.18. The lowest BCUT2D eigenvalue weighted by Crippen LogP contribution is -2.41. The first-order valence-electron chi connectivity index (χ1n) is 5.18. The Balaban J connectivity index is 2.09. The van der Waals surface area contributed by atoms with Crippen LogP contribution in [0.25, 0.3) is 0 Å². The van der Waals surface area contributed by atoms with Gasteiger partial charge in [-0.2, -0.15) is 0 Å². The Morgan fingerprint density at radius 3 is 2.60 bits per heavy atom. The number of nitrogens with zero attached hydrogens (tertiary/aromatic N) is 3. The minimum absolute atomic E-state index is 0.218. The second-order valence-electron chi connectivity index (χ2n) is 3.57. The van der Waals surface area contributed by atoms with Crippen LogP contribution in [0.4, 0.5) is 0 Å². The van der Waals surface area contributed by atoms with Crippen molar-refractivity contribution in [3.63, 3.8) is 0 Å². The molecule has 1 aromatic rings. The summed E-state index contributed by atoms with van der Waals surface area (Å²) in [5, 5.41) is 0. The molecule has 5 heteroatoms. The van der Waals surface area contributed by atoms with Gasteiger partial charge in [0.2, 0.25) is 0 Å². The molecule has 1 saturated heterocycles. The Morgan fingerprint density at radius 1 is 1.33 bits per heavy atom. The lowest BCUT2D eigenvalue weighted by atomic mass is 10.1. The molecule has 1 aliphatic heterocycles. The van der Waals surface area contributed by atoms with Gasteiger partial charge in [-0.15, -0.1) is 0 Å². The summed E-state index contributed by atoms with van der Waals surface area (Å²) in [5.41, 5.74) is 6.88. The van der Waals surface area contributed by atoms with Crippen LogP contribution in [0.1, 0.15) is 11.6 Å². The number of aromatic nitrogens is 2. The molecule has 0 amide bonds. The molecule has 0 bridgehead atoms. The van der Waals surface area contributed by atoms with E-state index in [0.717, 1.165) is 31.9 Å². The molecule has 0 saturated carbocycles. The van der Waals surface area contributed by atoms with Crippen LogP contribution in [-0.2, 0) is 4.74 Å². The molecule has 2 rings (SSSR count). The maximum absolute atomic E-state index is 5.80. The average molecular weight is 208 g/mol. The molecular weight excluding hydrogens is 192 g/mol. The third kappa shape index (κ3) is 2.50. The zero-order valence-corrected chi connectivity index (χ0v) is 8.67. The molecule has 1 unspecified atom stereocenters. The fraction of sp³-hybridized carbons (Fsp3) is 0.600. The molecule has 0 spiro atoms. The Morgan fingerprint density at radius 2 is 2.00 bits per heavy atom. The maximum Gasteiger partial charge on any atom is 0.115 e. The van der Waals surface area contributed by atoms with Crippen LogP contribution < -0.4 is 5.73 Å². The average Bonchev–Trinajstić information content (AvgIpc) is 2.33. The number of nitrogens with two attached hydrogens (primary N) is 1. The van der Waals surface area contributed by atoms with Gasteiger partial charge in [0.05, 0.1) is 19.3 Å². The zero-order chi connectivity index (χ0) is 10.5. The molecule has 1 fully saturated rings. The molecule has 15 heavy (non-hydrogen) atoms. The Bertz CT molecular complexity index is 287. The molecule has 0 aromatic carbocycles. The maximum atomic E-state index is 5.80. The van der Waals surface area contributed by atoms with Crippen LogP contribution >= 0.6 is 0 Å². The number of hydrogen-bond acceptors (Lipinski definition) is 5. The van der Waals surface area contributed by atoms with E-state index in [2.05, 4.69) is 14.9 Å². The molecule has 1 aliphatic rings. The summed E-state index contributed by atoms with van der Waals surface area (Å²) >= 11 is 0. The number of ether oxygens (including phenoxy) is 1. The van der Waals surface area contributed by atoms with Gasteiger partial charge < -0.3 is 10.5 Å². The predicted molar refractivity (Wildman–Crippen MR) is 56.2 cm³/mol. The van der Waals surface area contributed by atoms with Gasteiger partial charge in [-0.1, -0.05) is 0 Å². The minimum Gasteiger partial charge on any atom is -0.379 e. The summed E-state index contributed by atoms with van der Waals surface area (Å²) in [5.74, 6) is 0. The Labute approximate surface area is 89.3 Å². The highest BCUT2D eigenvalue weighted by atomic mass is 16.5. The van der Waals surface area contributed by atoms with E-state index in [9.17, 15) is 0 Å². The van der Waals surface area contributed by atoms with Crippen LogP contribution in [0.15, 0.2) is 18.7 Å². The van der Waals surface area contributed by atoms with Gasteiger partial charge in [-0.25, -0.2) is 9.97 Å². The van der Waals surface area contributed by atoms with E-state index in [1.165, 1.54) is 6.33 Å². The standard InChI is InChI=1S/C10H16N4O/c11-5-10(9-6-12-8-13-7-9)14-1-3-15-4-2-14/h6-8,10H,1-5,11H2. The van der Waals surface area contributed by atoms with Gasteiger partial charge in [-0.3, -0.25) is 4.90 Å².